The number of unbranched alkanes of at least 4 members (excludes halogenated alkanes) is 3. The average Bonchev–Trinajstić information content (AvgIpc) is 3.02. The molecule has 0 bridgehead atoms. The standard InChI is InChI=1S/C41H57NO5/c1-10-11-12-13-24-42(9)25-26-44-32-20-16-31(17-21-32)38-37(30-14-18-33(19-15-30)45-28-40(3,4)5)29(2)35-23-22-34(27-36(35)47-38)46-39(43)41(6,7)8/h14-21,23,27,34,38H,10-13,22,24-26,28H2,1-9H3/t34?,38-/m0/s1. The van der Waals surface area contributed by atoms with E-state index in [4.69, 9.17) is 18.9 Å². The molecule has 47 heavy (non-hydrogen) atoms. The number of carbonyl (C=O) groups excluding carboxylic acids is 1. The fourth-order valence-electron chi connectivity index (χ4n) is 5.64. The first-order valence-corrected chi connectivity index (χ1v) is 17.4. The normalized spacial score (nSPS) is 18.3. The zero-order valence-electron chi connectivity index (χ0n) is 30.3. The number of nitrogens with zero attached hydrogens (tertiary/aromatic N) is 1. The maximum atomic E-state index is 12.7. The van der Waals surface area contributed by atoms with Gasteiger partial charge in [0.15, 0.2) is 0 Å². The smallest absolute Gasteiger partial charge is 0.311 e. The monoisotopic (exact) mass is 643 g/mol. The molecule has 0 amide bonds. The number of esters is 1. The van der Waals surface area contributed by atoms with Crippen LogP contribution < -0.4 is 9.47 Å². The van der Waals surface area contributed by atoms with Gasteiger partial charge in [0.1, 0.15) is 36.1 Å². The van der Waals surface area contributed by atoms with E-state index in [2.05, 4.69) is 76.9 Å². The number of carbonyl (C=O) groups is 1. The third-order valence-electron chi connectivity index (χ3n) is 8.50. The molecule has 1 aliphatic carbocycles. The first kappa shape index (κ1) is 36.3. The van der Waals surface area contributed by atoms with Gasteiger partial charge in [0.05, 0.1) is 12.0 Å². The van der Waals surface area contributed by atoms with Crippen LogP contribution in [0.2, 0.25) is 0 Å². The zero-order valence-corrected chi connectivity index (χ0v) is 30.3. The van der Waals surface area contributed by atoms with Crippen molar-refractivity contribution in [2.24, 2.45) is 10.8 Å². The topological polar surface area (TPSA) is 57.2 Å². The van der Waals surface area contributed by atoms with Gasteiger partial charge < -0.3 is 23.8 Å². The Labute approximate surface area is 283 Å². The second kappa shape index (κ2) is 16.1. The highest BCUT2D eigenvalue weighted by molar-refractivity contribution is 5.80. The highest BCUT2D eigenvalue weighted by Crippen LogP contribution is 2.47. The maximum Gasteiger partial charge on any atom is 0.311 e. The summed E-state index contributed by atoms with van der Waals surface area (Å²) in [5.74, 6) is 2.23. The van der Waals surface area contributed by atoms with E-state index in [0.29, 0.717) is 19.6 Å². The first-order chi connectivity index (χ1) is 22.2. The molecule has 2 aliphatic rings. The van der Waals surface area contributed by atoms with Gasteiger partial charge in [0, 0.05) is 24.1 Å². The predicted octanol–water partition coefficient (Wildman–Crippen LogP) is 9.72. The molecule has 256 valence electrons. The zero-order chi connectivity index (χ0) is 34.2. The summed E-state index contributed by atoms with van der Waals surface area (Å²) in [5, 5.41) is 0. The first-order valence-electron chi connectivity index (χ1n) is 17.4. The minimum atomic E-state index is -0.571. The number of hydrogen-bond donors (Lipinski definition) is 0. The summed E-state index contributed by atoms with van der Waals surface area (Å²) in [6.07, 6.45) is 9.08. The van der Waals surface area contributed by atoms with Crippen LogP contribution in [0.15, 0.2) is 77.6 Å². The molecule has 1 unspecified atom stereocenters. The number of ether oxygens (including phenoxy) is 4. The summed E-state index contributed by atoms with van der Waals surface area (Å²) in [6.45, 7) is 19.8. The van der Waals surface area contributed by atoms with E-state index in [-0.39, 0.29) is 23.6 Å². The van der Waals surface area contributed by atoms with Crippen LogP contribution in [0, 0.1) is 10.8 Å². The Kier molecular flexibility index (Phi) is 12.4. The van der Waals surface area contributed by atoms with Crippen LogP contribution >= 0.6 is 0 Å². The van der Waals surface area contributed by atoms with Crippen LogP contribution in [0.25, 0.3) is 5.57 Å². The minimum Gasteiger partial charge on any atom is -0.493 e. The molecule has 0 fully saturated rings. The van der Waals surface area contributed by atoms with Crippen LogP contribution in [0.4, 0.5) is 0 Å². The van der Waals surface area contributed by atoms with E-state index < -0.39 is 5.41 Å². The molecule has 0 radical (unpaired) electrons. The molecule has 1 aliphatic heterocycles. The fourth-order valence-corrected chi connectivity index (χ4v) is 5.64. The Hall–Kier alpha value is -3.51. The van der Waals surface area contributed by atoms with Crippen LogP contribution in [0.3, 0.4) is 0 Å². The van der Waals surface area contributed by atoms with Gasteiger partial charge in [-0.25, -0.2) is 0 Å². The Balaban J connectivity index is 1.55. The third kappa shape index (κ3) is 10.5. The number of benzene rings is 2. The van der Waals surface area contributed by atoms with Crippen molar-refractivity contribution in [1.82, 2.24) is 4.90 Å². The van der Waals surface area contributed by atoms with Gasteiger partial charge in [-0.2, -0.15) is 0 Å². The lowest BCUT2D eigenvalue weighted by Gasteiger charge is -2.35. The second-order valence-electron chi connectivity index (χ2n) is 15.3. The molecular formula is C41H57NO5. The summed E-state index contributed by atoms with van der Waals surface area (Å²) in [7, 11) is 2.16. The molecule has 0 N–H and O–H groups in total. The van der Waals surface area contributed by atoms with E-state index >= 15 is 0 Å². The van der Waals surface area contributed by atoms with E-state index in [1.165, 1.54) is 25.7 Å². The van der Waals surface area contributed by atoms with Crippen molar-refractivity contribution in [2.75, 3.05) is 33.4 Å². The minimum absolute atomic E-state index is 0.0788. The van der Waals surface area contributed by atoms with Crippen molar-refractivity contribution in [3.63, 3.8) is 0 Å². The Morgan fingerprint density at radius 1 is 0.894 bits per heavy atom. The van der Waals surface area contributed by atoms with Gasteiger partial charge in [0.25, 0.3) is 0 Å². The van der Waals surface area contributed by atoms with E-state index in [0.717, 1.165) is 58.2 Å². The number of likely N-dealkylation sites (N-methyl/N-ethyl adjacent to an activating group) is 1. The van der Waals surface area contributed by atoms with E-state index in [9.17, 15) is 4.79 Å². The van der Waals surface area contributed by atoms with Crippen molar-refractivity contribution < 1.29 is 23.7 Å². The lowest BCUT2D eigenvalue weighted by atomic mass is 9.83. The highest BCUT2D eigenvalue weighted by atomic mass is 16.5. The maximum absolute atomic E-state index is 12.7. The van der Waals surface area contributed by atoms with Gasteiger partial charge in [-0.05, 0) is 100 Å². The average molecular weight is 644 g/mol. The summed E-state index contributed by atoms with van der Waals surface area (Å²) < 4.78 is 24.9. The molecule has 0 spiro atoms. The molecule has 2 aromatic rings. The highest BCUT2D eigenvalue weighted by Gasteiger charge is 2.34. The van der Waals surface area contributed by atoms with Gasteiger partial charge >= 0.3 is 5.97 Å². The fraction of sp³-hybridized carbons (Fsp3) is 0.537. The summed E-state index contributed by atoms with van der Waals surface area (Å²) in [4.78, 5) is 15.0. The predicted molar refractivity (Wildman–Crippen MR) is 192 cm³/mol. The molecule has 1 heterocycles. The lowest BCUT2D eigenvalue weighted by Crippen LogP contribution is -2.29. The van der Waals surface area contributed by atoms with Crippen LogP contribution in [0.5, 0.6) is 11.5 Å². The van der Waals surface area contributed by atoms with Gasteiger partial charge in [0.2, 0.25) is 0 Å². The molecular weight excluding hydrogens is 586 g/mol. The van der Waals surface area contributed by atoms with Crippen LogP contribution in [-0.2, 0) is 14.3 Å². The van der Waals surface area contributed by atoms with Crippen molar-refractivity contribution in [3.8, 4) is 11.5 Å². The Morgan fingerprint density at radius 2 is 1.55 bits per heavy atom. The Bertz CT molecular complexity index is 1420. The summed E-state index contributed by atoms with van der Waals surface area (Å²) in [6, 6.07) is 16.6. The molecule has 0 saturated carbocycles. The van der Waals surface area contributed by atoms with Crippen molar-refractivity contribution in [3.05, 3.63) is 88.7 Å². The lowest BCUT2D eigenvalue weighted by molar-refractivity contribution is -0.156. The number of fused-ring (bicyclic) bond motifs is 1. The van der Waals surface area contributed by atoms with Crippen LogP contribution in [-0.4, -0.2) is 50.3 Å². The summed E-state index contributed by atoms with van der Waals surface area (Å²) >= 11 is 0. The second-order valence-corrected chi connectivity index (χ2v) is 15.3. The van der Waals surface area contributed by atoms with E-state index in [1.54, 1.807) is 0 Å². The number of rotatable bonds is 14. The largest absolute Gasteiger partial charge is 0.493 e. The van der Waals surface area contributed by atoms with Crippen molar-refractivity contribution >= 4 is 11.5 Å². The SMILES string of the molecule is CCCCCCN(C)CCOc1ccc([C@@H]2OC3=CC(OC(=O)C(C)(C)C)CC=C3C(C)=C2c2ccc(OCC(C)(C)C)cc2)cc1. The van der Waals surface area contributed by atoms with Gasteiger partial charge in [-0.3, -0.25) is 4.79 Å². The van der Waals surface area contributed by atoms with E-state index in [1.807, 2.05) is 51.1 Å². The molecule has 2 atom stereocenters. The third-order valence-corrected chi connectivity index (χ3v) is 8.50. The molecule has 0 saturated heterocycles. The van der Waals surface area contributed by atoms with Crippen LogP contribution in [0.1, 0.15) is 105 Å². The molecule has 6 nitrogen and oxygen atoms in total. The number of allylic oxidation sites excluding steroid dienone is 1. The summed E-state index contributed by atoms with van der Waals surface area (Å²) in [5.41, 5.74) is 4.93. The van der Waals surface area contributed by atoms with Crippen molar-refractivity contribution in [1.29, 1.82) is 0 Å². The molecule has 0 aromatic heterocycles. The molecule has 6 heteroatoms. The van der Waals surface area contributed by atoms with Gasteiger partial charge in [-0.1, -0.05) is 77.3 Å². The Morgan fingerprint density at radius 3 is 2.19 bits per heavy atom. The van der Waals surface area contributed by atoms with Crippen molar-refractivity contribution in [2.45, 2.75) is 99.7 Å². The van der Waals surface area contributed by atoms with Gasteiger partial charge in [-0.15, -0.1) is 0 Å². The molecule has 2 aromatic carbocycles. The molecule has 4 rings (SSSR count). The number of hydrogen-bond acceptors (Lipinski definition) is 6. The quantitative estimate of drug-likeness (QED) is 0.151.